The van der Waals surface area contributed by atoms with Crippen molar-refractivity contribution in [3.8, 4) is 25.7 Å². The summed E-state index contributed by atoms with van der Waals surface area (Å²) in [6.07, 6.45) is 16.0. The summed E-state index contributed by atoms with van der Waals surface area (Å²) >= 11 is 0. The van der Waals surface area contributed by atoms with Crippen LogP contribution in [-0.2, 0) is 0 Å². The van der Waals surface area contributed by atoms with Crippen molar-refractivity contribution in [3.05, 3.63) is 26.3 Å². The van der Waals surface area contributed by atoms with Gasteiger partial charge in [0, 0.05) is 0 Å². The lowest BCUT2D eigenvalue weighted by molar-refractivity contribution is 1.50. The fourth-order valence-electron chi connectivity index (χ4n) is 0. The molecule has 0 aromatic heterocycles. The van der Waals surface area contributed by atoms with Gasteiger partial charge in [-0.3, -0.25) is 0 Å². The molecule has 0 aliphatic carbocycles. The highest BCUT2D eigenvalue weighted by Crippen LogP contribution is 1.15. The van der Waals surface area contributed by atoms with E-state index in [1.807, 2.05) is 41.5 Å². The normalized spacial score (nSPS) is 2.14. The van der Waals surface area contributed by atoms with Crippen molar-refractivity contribution in [2.75, 3.05) is 0 Å². The molecule has 0 unspecified atom stereocenters. The van der Waals surface area contributed by atoms with E-state index in [9.17, 15) is 0 Å². The highest BCUT2D eigenvalue weighted by molar-refractivity contribution is 4.47. The van der Waals surface area contributed by atoms with Gasteiger partial charge in [-0.25, -0.2) is 0 Å². The van der Waals surface area contributed by atoms with Crippen LogP contribution in [0.4, 0.5) is 0 Å². The van der Waals surface area contributed by atoms with E-state index in [0.717, 1.165) is 0 Å². The van der Waals surface area contributed by atoms with E-state index in [2.05, 4.69) is 52.0 Å². The minimum atomic E-state index is 2.00. The van der Waals surface area contributed by atoms with Gasteiger partial charge in [0.1, 0.15) is 0 Å². The Labute approximate surface area is 94.1 Å². The second-order valence-electron chi connectivity index (χ2n) is 0. The van der Waals surface area contributed by atoms with Crippen LogP contribution >= 0.6 is 0 Å². The molecule has 0 aromatic carbocycles. The van der Waals surface area contributed by atoms with Gasteiger partial charge < -0.3 is 0 Å². The first-order chi connectivity index (χ1) is 7.00. The Morgan fingerprint density at radius 1 is 0.429 bits per heavy atom. The Hall–Kier alpha value is -1.40. The van der Waals surface area contributed by atoms with Gasteiger partial charge in [0.05, 0.1) is 0 Å². The minimum Gasteiger partial charge on any atom is -0.124 e. The molecular formula is C14H30. The highest BCUT2D eigenvalue weighted by Gasteiger charge is 0.936. The summed E-state index contributed by atoms with van der Waals surface area (Å²) in [6, 6.07) is 0. The summed E-state index contributed by atoms with van der Waals surface area (Å²) in [7, 11) is 0. The Morgan fingerprint density at radius 3 is 0.429 bits per heavy atom. The first kappa shape index (κ1) is 54.1. The van der Waals surface area contributed by atoms with Gasteiger partial charge in [-0.15, -0.1) is 52.0 Å². The van der Waals surface area contributed by atoms with Crippen LogP contribution in [0.15, 0.2) is 26.3 Å². The third kappa shape index (κ3) is 498. The lowest BCUT2D eigenvalue weighted by Crippen LogP contribution is -0.856. The second kappa shape index (κ2) is 665. The van der Waals surface area contributed by atoms with E-state index in [-0.39, 0.29) is 0 Å². The van der Waals surface area contributed by atoms with Crippen molar-refractivity contribution in [3.63, 3.8) is 0 Å². The molecule has 14 heavy (non-hydrogen) atoms. The molecule has 0 bridgehead atoms. The van der Waals surface area contributed by atoms with Crippen LogP contribution < -0.4 is 0 Å². The van der Waals surface area contributed by atoms with Gasteiger partial charge in [-0.2, -0.15) is 0 Å². The molecule has 0 aliphatic heterocycles. The van der Waals surface area contributed by atoms with Gasteiger partial charge in [-0.05, 0) is 0 Å². The number of hydrogen-bond acceptors (Lipinski definition) is 0. The third-order valence-corrected chi connectivity index (χ3v) is 0. The molecule has 0 aromatic rings. The molecule has 0 spiro atoms. The Morgan fingerprint density at radius 2 is 0.429 bits per heavy atom. The van der Waals surface area contributed by atoms with E-state index in [1.165, 1.54) is 0 Å². The summed E-state index contributed by atoms with van der Waals surface area (Å²) in [5.74, 6) is 0. The van der Waals surface area contributed by atoms with E-state index in [0.29, 0.717) is 0 Å². The number of terminal acetylenes is 2. The lowest BCUT2D eigenvalue weighted by Gasteiger charge is -1.07. The summed E-state index contributed by atoms with van der Waals surface area (Å²) in [6.45, 7) is 24.0. The molecule has 0 rings (SSSR count). The summed E-state index contributed by atoms with van der Waals surface area (Å²) in [5.41, 5.74) is 0. The molecule has 0 saturated carbocycles. The predicted molar refractivity (Wildman–Crippen MR) is 76.3 cm³/mol. The SMILES string of the molecule is C#C.C#C.C=C.C=C.CC.CC.CC. The molecule has 86 valence electrons. The predicted octanol–water partition coefficient (Wildman–Crippen LogP) is 5.18. The average molecular weight is 198 g/mol. The van der Waals surface area contributed by atoms with Crippen molar-refractivity contribution in [2.45, 2.75) is 41.5 Å². The molecule has 0 saturated heterocycles. The molecule has 0 radical (unpaired) electrons. The minimum absolute atomic E-state index is 2.00. The van der Waals surface area contributed by atoms with Gasteiger partial charge in [0.25, 0.3) is 0 Å². The van der Waals surface area contributed by atoms with E-state index < -0.39 is 0 Å². The number of rotatable bonds is 0. The molecule has 0 atom stereocenters. The van der Waals surface area contributed by atoms with Crippen molar-refractivity contribution in [1.82, 2.24) is 0 Å². The Balaban J connectivity index is -0.00000000817. The van der Waals surface area contributed by atoms with Crippen LogP contribution in [0.3, 0.4) is 0 Å². The van der Waals surface area contributed by atoms with Crippen molar-refractivity contribution in [2.24, 2.45) is 0 Å². The molecular weight excluding hydrogens is 168 g/mol. The van der Waals surface area contributed by atoms with E-state index in [4.69, 9.17) is 0 Å². The standard InChI is InChI=1S/3C2H6.2C2H4.2C2H2/c7*1-2/h3*1-2H3;2*1-2H2;2*1-2H. The highest BCUT2D eigenvalue weighted by atomic mass is 13.0. The number of hydrogen-bond donors (Lipinski definition) is 0. The summed E-state index contributed by atoms with van der Waals surface area (Å²) < 4.78 is 0. The largest absolute Gasteiger partial charge is 0.124 e. The Kier molecular flexibility index (Phi) is 2570. The van der Waals surface area contributed by atoms with Gasteiger partial charge in [0.2, 0.25) is 0 Å². The molecule has 0 heteroatoms. The van der Waals surface area contributed by atoms with Crippen LogP contribution in [0.25, 0.3) is 0 Å². The fourth-order valence-corrected chi connectivity index (χ4v) is 0. The molecule has 0 heterocycles. The zero-order valence-corrected chi connectivity index (χ0v) is 11.1. The summed E-state index contributed by atoms with van der Waals surface area (Å²) in [5, 5.41) is 0. The maximum absolute atomic E-state index is 4.00. The zero-order valence-electron chi connectivity index (χ0n) is 11.1. The van der Waals surface area contributed by atoms with E-state index >= 15 is 0 Å². The van der Waals surface area contributed by atoms with Crippen molar-refractivity contribution < 1.29 is 0 Å². The van der Waals surface area contributed by atoms with Gasteiger partial charge >= 0.3 is 0 Å². The smallest absolute Gasteiger partial charge is 0.0683 e. The quantitative estimate of drug-likeness (QED) is 0.371. The van der Waals surface area contributed by atoms with Gasteiger partial charge in [0.15, 0.2) is 0 Å². The first-order valence-electron chi connectivity index (χ1n) is 4.67. The van der Waals surface area contributed by atoms with Crippen LogP contribution in [0, 0.1) is 25.7 Å². The second-order valence-corrected chi connectivity index (χ2v) is 0. The third-order valence-electron chi connectivity index (χ3n) is 0. The molecule has 0 nitrogen and oxygen atoms in total. The molecule has 0 aliphatic rings. The van der Waals surface area contributed by atoms with Crippen molar-refractivity contribution >= 4 is 0 Å². The molecule has 0 N–H and O–H groups in total. The lowest BCUT2D eigenvalue weighted by atomic mass is 11.0. The van der Waals surface area contributed by atoms with Crippen LogP contribution in [0.1, 0.15) is 41.5 Å². The summed E-state index contributed by atoms with van der Waals surface area (Å²) in [4.78, 5) is 0. The topological polar surface area (TPSA) is 0 Å². The maximum Gasteiger partial charge on any atom is -0.0683 e. The molecule has 0 fully saturated rings. The fraction of sp³-hybridized carbons (Fsp3) is 0.429. The van der Waals surface area contributed by atoms with Crippen LogP contribution in [-0.4, -0.2) is 0 Å². The first-order valence-corrected chi connectivity index (χ1v) is 4.67. The van der Waals surface area contributed by atoms with E-state index in [1.54, 1.807) is 0 Å². The van der Waals surface area contributed by atoms with Crippen LogP contribution in [0.2, 0.25) is 0 Å². The monoisotopic (exact) mass is 198 g/mol. The zero-order chi connectivity index (χ0) is 14.0. The average Bonchev–Trinajstić information content (AvgIpc) is 2.45. The maximum atomic E-state index is 4.00. The molecule has 0 amide bonds. The Bertz CT molecular complexity index is 30.5. The van der Waals surface area contributed by atoms with Crippen LogP contribution in [0.5, 0.6) is 0 Å². The van der Waals surface area contributed by atoms with Gasteiger partial charge in [-0.1, -0.05) is 41.5 Å². The van der Waals surface area contributed by atoms with Crippen molar-refractivity contribution in [1.29, 1.82) is 0 Å².